The molecule has 1 aliphatic carbocycles. The van der Waals surface area contributed by atoms with E-state index in [1.54, 1.807) is 0 Å². The second kappa shape index (κ2) is 6.36. The minimum atomic E-state index is -5.08. The number of aliphatic hydroxyl groups is 1. The number of nitrogens with two attached hydrogens (primary N) is 1. The fraction of sp³-hybridized carbons (Fsp3) is 0.556. The van der Waals surface area contributed by atoms with Gasteiger partial charge in [-0.3, -0.25) is 0 Å². The molecule has 0 spiro atoms. The highest BCUT2D eigenvalue weighted by atomic mass is 19.4. The van der Waals surface area contributed by atoms with E-state index in [1.807, 2.05) is 0 Å². The standard InChI is InChI=1S/C7H11NO3.C2HF3O2/c1-11-7(10)4-2-5(8)6(9)3-4;3-2(4,5)1(6)7/h3,5-6,9H,2,8H2,1H3;(H,6,7)/t5-,6-;/m0./s1. The van der Waals surface area contributed by atoms with E-state index >= 15 is 0 Å². The number of alkyl halides is 3. The number of carboxylic acids is 1. The molecule has 18 heavy (non-hydrogen) atoms. The quantitative estimate of drug-likeness (QED) is 0.570. The van der Waals surface area contributed by atoms with Crippen LogP contribution in [0.5, 0.6) is 0 Å². The largest absolute Gasteiger partial charge is 0.490 e. The van der Waals surface area contributed by atoms with Crippen molar-refractivity contribution in [3.05, 3.63) is 11.6 Å². The first-order valence-electron chi connectivity index (χ1n) is 4.62. The molecule has 0 saturated carbocycles. The number of rotatable bonds is 1. The van der Waals surface area contributed by atoms with Gasteiger partial charge < -0.3 is 20.7 Å². The fourth-order valence-electron chi connectivity index (χ4n) is 1.05. The van der Waals surface area contributed by atoms with E-state index in [4.69, 9.17) is 20.7 Å². The van der Waals surface area contributed by atoms with E-state index in [0.717, 1.165) is 0 Å². The molecule has 1 rings (SSSR count). The van der Waals surface area contributed by atoms with E-state index in [0.29, 0.717) is 12.0 Å². The summed E-state index contributed by atoms with van der Waals surface area (Å²) in [4.78, 5) is 19.7. The molecule has 6 nitrogen and oxygen atoms in total. The van der Waals surface area contributed by atoms with Gasteiger partial charge in [0.05, 0.1) is 13.2 Å². The molecule has 0 aromatic rings. The molecule has 0 aliphatic heterocycles. The van der Waals surface area contributed by atoms with Crippen LogP contribution in [0.2, 0.25) is 0 Å². The number of carboxylic acid groups (broad SMARTS) is 1. The van der Waals surface area contributed by atoms with E-state index < -0.39 is 24.2 Å². The van der Waals surface area contributed by atoms with E-state index in [9.17, 15) is 18.0 Å². The zero-order valence-corrected chi connectivity index (χ0v) is 9.27. The van der Waals surface area contributed by atoms with E-state index in [2.05, 4.69) is 4.74 Å². The van der Waals surface area contributed by atoms with Crippen molar-refractivity contribution in [2.45, 2.75) is 24.7 Å². The summed E-state index contributed by atoms with van der Waals surface area (Å²) >= 11 is 0. The Kier molecular flexibility index (Phi) is 5.79. The average Bonchev–Trinajstić information content (AvgIpc) is 2.57. The lowest BCUT2D eigenvalue weighted by Gasteiger charge is -2.05. The van der Waals surface area contributed by atoms with Crippen molar-refractivity contribution in [1.82, 2.24) is 0 Å². The average molecular weight is 271 g/mol. The Morgan fingerprint density at radius 3 is 2.17 bits per heavy atom. The van der Waals surface area contributed by atoms with Crippen molar-refractivity contribution < 1.29 is 37.7 Å². The van der Waals surface area contributed by atoms with Crippen molar-refractivity contribution >= 4 is 11.9 Å². The Labute approximate surface area is 99.8 Å². The van der Waals surface area contributed by atoms with Gasteiger partial charge in [-0.25, -0.2) is 9.59 Å². The predicted octanol–water partition coefficient (Wildman–Crippen LogP) is -0.189. The number of aliphatic carboxylic acids is 1. The Bertz CT molecular complexity index is 353. The molecule has 0 radical (unpaired) electrons. The molecule has 0 saturated heterocycles. The molecule has 2 atom stereocenters. The van der Waals surface area contributed by atoms with Crippen molar-refractivity contribution in [3.63, 3.8) is 0 Å². The van der Waals surface area contributed by atoms with Crippen LogP contribution in [0.25, 0.3) is 0 Å². The highest BCUT2D eigenvalue weighted by Gasteiger charge is 2.38. The van der Waals surface area contributed by atoms with Gasteiger partial charge in [0, 0.05) is 11.6 Å². The molecule has 0 aromatic carbocycles. The maximum absolute atomic E-state index is 10.8. The van der Waals surface area contributed by atoms with Gasteiger partial charge >= 0.3 is 18.1 Å². The van der Waals surface area contributed by atoms with Gasteiger partial charge in [0.1, 0.15) is 0 Å². The third-order valence-corrected chi connectivity index (χ3v) is 1.96. The van der Waals surface area contributed by atoms with Gasteiger partial charge in [-0.15, -0.1) is 0 Å². The SMILES string of the molecule is COC(=O)C1=C[C@H](O)[C@@H](N)C1.O=C(O)C(F)(F)F. The number of halogens is 3. The number of hydrogen-bond acceptors (Lipinski definition) is 5. The lowest BCUT2D eigenvalue weighted by Crippen LogP contribution is -2.29. The summed E-state index contributed by atoms with van der Waals surface area (Å²) in [5, 5.41) is 16.2. The number of methoxy groups -OCH3 is 1. The first-order valence-corrected chi connectivity index (χ1v) is 4.62. The van der Waals surface area contributed by atoms with E-state index in [1.165, 1.54) is 13.2 Å². The maximum atomic E-state index is 10.8. The van der Waals surface area contributed by atoms with Crippen LogP contribution in [-0.2, 0) is 14.3 Å². The Balaban J connectivity index is 0.000000360. The van der Waals surface area contributed by atoms with Gasteiger partial charge in [0.2, 0.25) is 0 Å². The van der Waals surface area contributed by atoms with Gasteiger partial charge in [0.25, 0.3) is 0 Å². The van der Waals surface area contributed by atoms with Crippen LogP contribution >= 0.6 is 0 Å². The molecule has 0 aromatic heterocycles. The maximum Gasteiger partial charge on any atom is 0.490 e. The summed E-state index contributed by atoms with van der Waals surface area (Å²) in [5.41, 5.74) is 5.92. The molecule has 4 N–H and O–H groups in total. The Hall–Kier alpha value is -1.61. The summed E-state index contributed by atoms with van der Waals surface area (Å²) in [7, 11) is 1.30. The lowest BCUT2D eigenvalue weighted by atomic mass is 10.2. The van der Waals surface area contributed by atoms with Crippen LogP contribution in [0.1, 0.15) is 6.42 Å². The van der Waals surface area contributed by atoms with Crippen molar-refractivity contribution in [1.29, 1.82) is 0 Å². The fourth-order valence-corrected chi connectivity index (χ4v) is 1.05. The Morgan fingerprint density at radius 2 is 1.94 bits per heavy atom. The number of carbonyl (C=O) groups is 2. The molecule has 0 unspecified atom stereocenters. The first-order chi connectivity index (χ1) is 8.09. The van der Waals surface area contributed by atoms with Crippen LogP contribution in [0.3, 0.4) is 0 Å². The molecule has 0 bridgehead atoms. The molecular formula is C9H12F3NO5. The summed E-state index contributed by atoms with van der Waals surface area (Å²) in [6.07, 6.45) is -3.95. The summed E-state index contributed by atoms with van der Waals surface area (Å²) in [6, 6.07) is -0.357. The van der Waals surface area contributed by atoms with E-state index in [-0.39, 0.29) is 6.04 Å². The minimum absolute atomic E-state index is 0.357. The number of aliphatic hydroxyl groups excluding tert-OH is 1. The van der Waals surface area contributed by atoms with Crippen LogP contribution in [0.4, 0.5) is 13.2 Å². The number of hydrogen-bond donors (Lipinski definition) is 3. The summed E-state index contributed by atoms with van der Waals surface area (Å²) in [5.74, 6) is -3.16. The van der Waals surface area contributed by atoms with Gasteiger partial charge in [-0.2, -0.15) is 13.2 Å². The zero-order chi connectivity index (χ0) is 14.5. The second-order valence-corrected chi connectivity index (χ2v) is 3.34. The predicted molar refractivity (Wildman–Crippen MR) is 52.4 cm³/mol. The van der Waals surface area contributed by atoms with Gasteiger partial charge in [-0.05, 0) is 12.5 Å². The molecule has 0 heterocycles. The molecular weight excluding hydrogens is 259 g/mol. The van der Waals surface area contributed by atoms with Crippen molar-refractivity contribution in [2.24, 2.45) is 5.73 Å². The highest BCUT2D eigenvalue weighted by molar-refractivity contribution is 5.89. The summed E-state index contributed by atoms with van der Waals surface area (Å²) in [6.45, 7) is 0. The van der Waals surface area contributed by atoms with Crippen molar-refractivity contribution in [2.75, 3.05) is 7.11 Å². The monoisotopic (exact) mass is 271 g/mol. The van der Waals surface area contributed by atoms with Crippen LogP contribution in [0.15, 0.2) is 11.6 Å². The van der Waals surface area contributed by atoms with Crippen molar-refractivity contribution in [3.8, 4) is 0 Å². The van der Waals surface area contributed by atoms with Gasteiger partial charge in [-0.1, -0.05) is 0 Å². The molecule has 9 heteroatoms. The number of esters is 1. The smallest absolute Gasteiger partial charge is 0.475 e. The third-order valence-electron chi connectivity index (χ3n) is 1.96. The molecule has 0 amide bonds. The number of carbonyl (C=O) groups excluding carboxylic acids is 1. The van der Waals surface area contributed by atoms with Crippen LogP contribution in [0, 0.1) is 0 Å². The topological polar surface area (TPSA) is 110 Å². The normalized spacial score (nSPS) is 22.7. The first kappa shape index (κ1) is 16.4. The number of ether oxygens (including phenoxy) is 1. The Morgan fingerprint density at radius 1 is 1.50 bits per heavy atom. The molecule has 104 valence electrons. The zero-order valence-electron chi connectivity index (χ0n) is 9.27. The minimum Gasteiger partial charge on any atom is -0.475 e. The second-order valence-electron chi connectivity index (χ2n) is 3.34. The van der Waals surface area contributed by atoms with Crippen LogP contribution in [-0.4, -0.2) is 47.6 Å². The molecule has 1 aliphatic rings. The summed E-state index contributed by atoms with van der Waals surface area (Å²) < 4.78 is 36.2. The van der Waals surface area contributed by atoms with Gasteiger partial charge in [0.15, 0.2) is 0 Å². The van der Waals surface area contributed by atoms with Crippen LogP contribution < -0.4 is 5.73 Å². The highest BCUT2D eigenvalue weighted by Crippen LogP contribution is 2.18. The third kappa shape index (κ3) is 5.15. The molecule has 0 fully saturated rings. The lowest BCUT2D eigenvalue weighted by molar-refractivity contribution is -0.192.